The van der Waals surface area contributed by atoms with Crippen LogP contribution in [0.1, 0.15) is 96.8 Å². The molecule has 0 heterocycles. The van der Waals surface area contributed by atoms with E-state index in [-0.39, 0.29) is 19.5 Å². The van der Waals surface area contributed by atoms with Crippen LogP contribution in [0.15, 0.2) is 115 Å². The van der Waals surface area contributed by atoms with Crippen LogP contribution in [0.5, 0.6) is 0 Å². The summed E-state index contributed by atoms with van der Waals surface area (Å²) in [6.07, 6.45) is 29.1. The van der Waals surface area contributed by atoms with Crippen molar-refractivity contribution in [2.45, 2.75) is 96.8 Å². The smallest absolute Gasteiger partial charge is 0.0767 e. The molecule has 0 amide bonds. The Labute approximate surface area is 302 Å². The molecule has 3 aromatic rings. The molecule has 4 rings (SSSR count). The van der Waals surface area contributed by atoms with Crippen molar-refractivity contribution >= 4 is 45.3 Å². The Morgan fingerprint density at radius 3 is 1.11 bits per heavy atom. The minimum atomic E-state index is -0.998. The van der Waals surface area contributed by atoms with Crippen molar-refractivity contribution in [2.75, 3.05) is 5.75 Å². The minimum absolute atomic E-state index is 0. The molecule has 0 N–H and O–H groups in total. The largest absolute Gasteiger partial charge is 1.00 e. The SMILES string of the molecule is CCCCCCCCCCCCCCCCS(=O)[S-].[C-]#[O+].[CH]1C=CC=C1.[Ru+].c1ccc(P(c2ccccc2)c2ccccc2)cc1. The maximum absolute atomic E-state index is 10.7. The van der Waals surface area contributed by atoms with Gasteiger partial charge in [0, 0.05) is 6.42 Å². The van der Waals surface area contributed by atoms with E-state index in [1.807, 2.05) is 30.7 Å². The fraction of sp³-hybridized carbons (Fsp3) is 0.400. The van der Waals surface area contributed by atoms with Gasteiger partial charge in [-0.25, -0.2) is 0 Å². The van der Waals surface area contributed by atoms with Crippen LogP contribution < -0.4 is 15.9 Å². The normalized spacial score (nSPS) is 11.6. The summed E-state index contributed by atoms with van der Waals surface area (Å²) >= 11 is 4.64. The Bertz CT molecular complexity index is 1070. The van der Waals surface area contributed by atoms with E-state index in [0.29, 0.717) is 5.75 Å². The molecule has 0 bridgehead atoms. The third kappa shape index (κ3) is 23.7. The summed E-state index contributed by atoms with van der Waals surface area (Å²) in [6, 6.07) is 32.3. The molecule has 1 aliphatic carbocycles. The molecular formula is C40H53O2PRuS2. The fourth-order valence-corrected chi connectivity index (χ4v) is 8.01. The molecule has 0 saturated heterocycles. The average Bonchev–Trinajstić information content (AvgIpc) is 3.69. The van der Waals surface area contributed by atoms with E-state index in [0.717, 1.165) is 6.42 Å². The summed E-state index contributed by atoms with van der Waals surface area (Å²) in [5, 5.41) is 4.19. The Morgan fingerprint density at radius 1 is 0.543 bits per heavy atom. The van der Waals surface area contributed by atoms with Crippen molar-refractivity contribution in [2.24, 2.45) is 0 Å². The molecule has 1 unspecified atom stereocenters. The van der Waals surface area contributed by atoms with Gasteiger partial charge in [0.15, 0.2) is 0 Å². The Morgan fingerprint density at radius 2 is 0.848 bits per heavy atom. The first-order chi connectivity index (χ1) is 22.2. The zero-order valence-electron chi connectivity index (χ0n) is 27.6. The van der Waals surface area contributed by atoms with Crippen LogP contribution in [0.25, 0.3) is 0 Å². The number of benzene rings is 3. The van der Waals surface area contributed by atoms with Crippen LogP contribution >= 0.6 is 7.92 Å². The van der Waals surface area contributed by atoms with E-state index in [2.05, 4.69) is 116 Å². The number of rotatable bonds is 18. The Balaban J connectivity index is 0.000000715. The molecule has 3 aromatic carbocycles. The van der Waals surface area contributed by atoms with Crippen LogP contribution in [0.3, 0.4) is 0 Å². The van der Waals surface area contributed by atoms with Gasteiger partial charge in [0.25, 0.3) is 0 Å². The maximum Gasteiger partial charge on any atom is 1.00 e. The third-order valence-corrected chi connectivity index (χ3v) is 10.8. The van der Waals surface area contributed by atoms with Gasteiger partial charge >= 0.3 is 30.8 Å². The van der Waals surface area contributed by atoms with E-state index in [4.69, 9.17) is 4.65 Å². The summed E-state index contributed by atoms with van der Waals surface area (Å²) in [5.74, 6) is 0.716. The summed E-state index contributed by atoms with van der Waals surface area (Å²) in [4.78, 5) is 0. The second-order valence-corrected chi connectivity index (χ2v) is 15.3. The van der Waals surface area contributed by atoms with Crippen LogP contribution in [0, 0.1) is 13.1 Å². The van der Waals surface area contributed by atoms with Gasteiger partial charge in [-0.1, -0.05) is 206 Å². The van der Waals surface area contributed by atoms with Gasteiger partial charge in [-0.3, -0.25) is 4.21 Å². The zero-order chi connectivity index (χ0) is 32.6. The number of hydrogen-bond acceptors (Lipinski definition) is 2. The third-order valence-electron chi connectivity index (χ3n) is 7.26. The van der Waals surface area contributed by atoms with Gasteiger partial charge in [0.05, 0.1) is 0 Å². The first-order valence-electron chi connectivity index (χ1n) is 16.6. The zero-order valence-corrected chi connectivity index (χ0v) is 31.9. The molecule has 250 valence electrons. The molecular weight excluding hydrogens is 709 g/mol. The molecule has 2 radical (unpaired) electrons. The van der Waals surface area contributed by atoms with E-state index < -0.39 is 17.8 Å². The number of unbranched alkanes of at least 4 members (excludes halogenated alkanes) is 13. The Kier molecular flexibility index (Phi) is 32.2. The molecule has 2 nitrogen and oxygen atoms in total. The van der Waals surface area contributed by atoms with E-state index in [1.54, 1.807) is 0 Å². The predicted octanol–water partition coefficient (Wildman–Crippen LogP) is 10.4. The van der Waals surface area contributed by atoms with Crippen LogP contribution in [-0.2, 0) is 45.6 Å². The molecule has 1 atom stereocenters. The quantitative estimate of drug-likeness (QED) is 0.0246. The molecule has 6 heteroatoms. The van der Waals surface area contributed by atoms with Crippen molar-refractivity contribution in [1.82, 2.24) is 0 Å². The summed E-state index contributed by atoms with van der Waals surface area (Å²) in [5.41, 5.74) is 0. The van der Waals surface area contributed by atoms with Crippen LogP contribution in [0.2, 0.25) is 0 Å². The van der Waals surface area contributed by atoms with E-state index in [1.165, 1.54) is 99.4 Å². The summed E-state index contributed by atoms with van der Waals surface area (Å²) in [7, 11) is -1.44. The summed E-state index contributed by atoms with van der Waals surface area (Å²) in [6.45, 7) is 6.77. The van der Waals surface area contributed by atoms with Gasteiger partial charge in [-0.05, 0) is 36.0 Å². The van der Waals surface area contributed by atoms with E-state index in [9.17, 15) is 4.21 Å². The Hall–Kier alpha value is -1.57. The van der Waals surface area contributed by atoms with Crippen LogP contribution in [-0.4, -0.2) is 9.96 Å². The van der Waals surface area contributed by atoms with Crippen molar-refractivity contribution in [3.05, 3.63) is 128 Å². The number of allylic oxidation sites excluding steroid dienone is 4. The molecule has 0 spiro atoms. The summed E-state index contributed by atoms with van der Waals surface area (Å²) < 4.78 is 18.2. The predicted molar refractivity (Wildman–Crippen MR) is 202 cm³/mol. The second kappa shape index (κ2) is 33.3. The van der Waals surface area contributed by atoms with Gasteiger partial charge < -0.3 is 11.7 Å². The topological polar surface area (TPSA) is 37.0 Å². The van der Waals surface area contributed by atoms with Crippen LogP contribution in [0.4, 0.5) is 0 Å². The average molecular weight is 762 g/mol. The molecule has 0 aromatic heterocycles. The second-order valence-electron chi connectivity index (χ2n) is 10.9. The maximum atomic E-state index is 10.7. The van der Waals surface area contributed by atoms with Crippen molar-refractivity contribution in [3.63, 3.8) is 0 Å². The monoisotopic (exact) mass is 762 g/mol. The van der Waals surface area contributed by atoms with Gasteiger partial charge in [0.1, 0.15) is 0 Å². The molecule has 1 aliphatic rings. The van der Waals surface area contributed by atoms with Crippen molar-refractivity contribution in [1.29, 1.82) is 0 Å². The molecule has 46 heavy (non-hydrogen) atoms. The number of hydrogen-bond donors (Lipinski definition) is 0. The van der Waals surface area contributed by atoms with Crippen molar-refractivity contribution < 1.29 is 28.3 Å². The van der Waals surface area contributed by atoms with Crippen molar-refractivity contribution in [3.8, 4) is 0 Å². The van der Waals surface area contributed by atoms with Gasteiger partial charge in [-0.2, -0.15) is 0 Å². The standard InChI is InChI=1S/C18H15P.C16H34OS2.C5H5.CO.Ru/c1-4-10-16(11-5-1)19(17-12-6-2-7-13-17)18-14-8-3-9-15-18;1-2-3-4-5-6-7-8-9-10-11-12-13-14-15-16-19(17)18;1-2-4-5-3-1;1-2;/h1-15H;2-16H2,1H3,(H,17,18);1-5H;;/q;;;;+1/p-1. The van der Waals surface area contributed by atoms with E-state index >= 15 is 0 Å². The molecule has 0 fully saturated rings. The fourth-order valence-electron chi connectivity index (χ4n) is 4.91. The van der Waals surface area contributed by atoms with Gasteiger partial charge in [0.2, 0.25) is 0 Å². The molecule has 0 saturated carbocycles. The minimum Gasteiger partial charge on any atom is -0.0767 e. The van der Waals surface area contributed by atoms with Gasteiger partial charge in [-0.15, -0.1) is 9.83 Å². The molecule has 0 aliphatic heterocycles. The first-order valence-corrected chi connectivity index (χ1v) is 20.2. The first kappa shape index (κ1) is 44.4.